The van der Waals surface area contributed by atoms with E-state index in [2.05, 4.69) is 4.98 Å². The average molecular weight is 632 g/mol. The Hall–Kier alpha value is -2.15. The number of amides is 1. The molecule has 0 spiro atoms. The topological polar surface area (TPSA) is 83.4 Å². The summed E-state index contributed by atoms with van der Waals surface area (Å²) in [7, 11) is 0. The molecule has 0 bridgehead atoms. The number of likely N-dealkylation sites (tertiary alicyclic amines) is 1. The summed E-state index contributed by atoms with van der Waals surface area (Å²) in [6.45, 7) is 8.71. The summed E-state index contributed by atoms with van der Waals surface area (Å²) < 4.78 is 40.0. The molecule has 4 rings (SSSR count). The molecule has 40 heavy (non-hydrogen) atoms. The second kappa shape index (κ2) is 12.0. The van der Waals surface area contributed by atoms with Gasteiger partial charge in [0.1, 0.15) is 15.0 Å². The van der Waals surface area contributed by atoms with E-state index in [1.807, 2.05) is 26.8 Å². The fourth-order valence-electron chi connectivity index (χ4n) is 4.52. The van der Waals surface area contributed by atoms with Gasteiger partial charge < -0.3 is 10.0 Å². The summed E-state index contributed by atoms with van der Waals surface area (Å²) in [4.78, 5) is 35.7. The van der Waals surface area contributed by atoms with Crippen molar-refractivity contribution in [1.29, 1.82) is 0 Å². The molecular weight excluding hydrogens is 603 g/mol. The second-order valence-electron chi connectivity index (χ2n) is 10.7. The number of thiazole rings is 2. The largest absolute Gasteiger partial charge is 0.481 e. The predicted molar refractivity (Wildman–Crippen MR) is 154 cm³/mol. The summed E-state index contributed by atoms with van der Waals surface area (Å²) in [5.74, 6) is -0.929. The first-order chi connectivity index (χ1) is 18.6. The molecule has 1 amide bonds. The molecule has 3 heterocycles. The maximum atomic E-state index is 13.2. The van der Waals surface area contributed by atoms with E-state index >= 15 is 0 Å². The minimum Gasteiger partial charge on any atom is -0.481 e. The van der Waals surface area contributed by atoms with Crippen molar-refractivity contribution in [3.05, 3.63) is 48.7 Å². The van der Waals surface area contributed by atoms with E-state index in [1.165, 1.54) is 28.7 Å². The van der Waals surface area contributed by atoms with E-state index in [4.69, 9.17) is 21.7 Å². The number of aliphatic carboxylic acids is 1. The van der Waals surface area contributed by atoms with Gasteiger partial charge in [-0.15, -0.1) is 22.7 Å². The van der Waals surface area contributed by atoms with Gasteiger partial charge in [-0.2, -0.15) is 13.2 Å². The van der Waals surface area contributed by atoms with Gasteiger partial charge in [-0.25, -0.2) is 9.97 Å². The summed E-state index contributed by atoms with van der Waals surface area (Å²) >= 11 is 9.12. The molecule has 2 aromatic heterocycles. The lowest BCUT2D eigenvalue weighted by Gasteiger charge is -2.31. The lowest BCUT2D eigenvalue weighted by atomic mass is 9.86. The van der Waals surface area contributed by atoms with Crippen LogP contribution in [0, 0.1) is 6.92 Å². The summed E-state index contributed by atoms with van der Waals surface area (Å²) in [5, 5.41) is 10.4. The minimum atomic E-state index is -4.41. The molecule has 1 saturated heterocycles. The highest BCUT2D eigenvalue weighted by Gasteiger charge is 2.31. The number of halogens is 4. The molecule has 0 saturated carbocycles. The van der Waals surface area contributed by atoms with Crippen molar-refractivity contribution in [1.82, 2.24) is 14.9 Å². The van der Waals surface area contributed by atoms with Crippen molar-refractivity contribution in [2.45, 2.75) is 75.1 Å². The van der Waals surface area contributed by atoms with Crippen molar-refractivity contribution in [3.63, 3.8) is 0 Å². The van der Waals surface area contributed by atoms with Gasteiger partial charge >= 0.3 is 11.5 Å². The van der Waals surface area contributed by atoms with Crippen molar-refractivity contribution in [2.75, 3.05) is 13.1 Å². The van der Waals surface area contributed by atoms with E-state index in [0.717, 1.165) is 15.4 Å². The Bertz CT molecular complexity index is 1410. The standard InChI is InChI=1S/C27H29ClF3N3O3S3/c1-14-19(12-22(36)37)32-20(38-14)13-21(35)34-7-5-15(6-8-34)25-33-23(24(28)39-25)16-9-17(26(2,3)4)11-18(10-16)40-27(29,30)31/h9-11,15H,5-8,12-13H2,1-4H3,(H,36,37). The minimum absolute atomic E-state index is 0.0550. The number of benzene rings is 1. The van der Waals surface area contributed by atoms with E-state index in [9.17, 15) is 22.8 Å². The number of rotatable bonds is 7. The van der Waals surface area contributed by atoms with Crippen LogP contribution in [0.1, 0.15) is 65.7 Å². The zero-order valence-electron chi connectivity index (χ0n) is 22.4. The van der Waals surface area contributed by atoms with Gasteiger partial charge in [0.2, 0.25) is 5.91 Å². The third kappa shape index (κ3) is 7.77. The fourth-order valence-corrected chi connectivity index (χ4v) is 7.47. The average Bonchev–Trinajstić information content (AvgIpc) is 3.38. The zero-order chi connectivity index (χ0) is 29.4. The van der Waals surface area contributed by atoms with Gasteiger partial charge in [-0.1, -0.05) is 32.4 Å². The van der Waals surface area contributed by atoms with Gasteiger partial charge in [-0.05, 0) is 60.7 Å². The monoisotopic (exact) mass is 631 g/mol. The molecular formula is C27H29ClF3N3O3S3. The number of thioether (sulfide) groups is 1. The maximum absolute atomic E-state index is 13.2. The van der Waals surface area contributed by atoms with Crippen molar-refractivity contribution < 1.29 is 27.9 Å². The van der Waals surface area contributed by atoms with Crippen LogP contribution >= 0.6 is 46.0 Å². The SMILES string of the molecule is Cc1sc(CC(=O)N2CCC(c3nc(-c4cc(SC(F)(F)F)cc(C(C)(C)C)c4)c(Cl)s3)CC2)nc1CC(=O)O. The van der Waals surface area contributed by atoms with Crippen LogP contribution in [0.4, 0.5) is 13.2 Å². The highest BCUT2D eigenvalue weighted by Crippen LogP contribution is 2.44. The van der Waals surface area contributed by atoms with Crippen LogP contribution in [0.25, 0.3) is 11.3 Å². The summed E-state index contributed by atoms with van der Waals surface area (Å²) in [6, 6.07) is 4.91. The number of aryl methyl sites for hydroxylation is 1. The fraction of sp³-hybridized carbons (Fsp3) is 0.481. The second-order valence-corrected chi connectivity index (χ2v) is 14.8. The Morgan fingerprint density at radius 3 is 2.38 bits per heavy atom. The van der Waals surface area contributed by atoms with Crippen LogP contribution in [0.5, 0.6) is 0 Å². The van der Waals surface area contributed by atoms with Gasteiger partial charge in [-0.3, -0.25) is 9.59 Å². The summed E-state index contributed by atoms with van der Waals surface area (Å²) in [6.07, 6.45) is 1.34. The Morgan fingerprint density at radius 2 is 1.77 bits per heavy atom. The van der Waals surface area contributed by atoms with E-state index < -0.39 is 11.5 Å². The van der Waals surface area contributed by atoms with Crippen molar-refractivity contribution in [3.8, 4) is 11.3 Å². The molecule has 0 radical (unpaired) electrons. The molecule has 216 valence electrons. The highest BCUT2D eigenvalue weighted by molar-refractivity contribution is 8.00. The Kier molecular flexibility index (Phi) is 9.23. The predicted octanol–water partition coefficient (Wildman–Crippen LogP) is 7.71. The number of carbonyl (C=O) groups excluding carboxylic acids is 1. The van der Waals surface area contributed by atoms with Crippen molar-refractivity contribution in [2.24, 2.45) is 0 Å². The normalized spacial score (nSPS) is 15.1. The van der Waals surface area contributed by atoms with Crippen LogP contribution in [0.3, 0.4) is 0 Å². The molecule has 0 atom stereocenters. The van der Waals surface area contributed by atoms with E-state index in [-0.39, 0.29) is 46.7 Å². The molecule has 1 aliphatic heterocycles. The van der Waals surface area contributed by atoms with Crippen molar-refractivity contribution >= 4 is 57.9 Å². The molecule has 1 N–H and O–H groups in total. The molecule has 0 aliphatic carbocycles. The van der Waals surface area contributed by atoms with Gasteiger partial charge in [0.05, 0.1) is 23.5 Å². The first kappa shape index (κ1) is 30.8. The van der Waals surface area contributed by atoms with E-state index in [0.29, 0.717) is 52.2 Å². The Morgan fingerprint density at radius 1 is 1.10 bits per heavy atom. The lowest BCUT2D eigenvalue weighted by molar-refractivity contribution is -0.136. The quantitative estimate of drug-likeness (QED) is 0.269. The molecule has 6 nitrogen and oxygen atoms in total. The number of nitrogens with zero attached hydrogens (tertiary/aromatic N) is 3. The van der Waals surface area contributed by atoms with Gasteiger partial charge in [0.25, 0.3) is 0 Å². The van der Waals surface area contributed by atoms with Crippen LogP contribution < -0.4 is 0 Å². The molecule has 1 aliphatic rings. The number of piperidine rings is 1. The van der Waals surface area contributed by atoms with Gasteiger partial charge in [0.15, 0.2) is 0 Å². The Balaban J connectivity index is 1.46. The first-order valence-electron chi connectivity index (χ1n) is 12.6. The summed E-state index contributed by atoms with van der Waals surface area (Å²) in [5.41, 5.74) is -2.48. The number of aromatic nitrogens is 2. The van der Waals surface area contributed by atoms with Crippen LogP contribution in [0.2, 0.25) is 4.34 Å². The lowest BCUT2D eigenvalue weighted by Crippen LogP contribution is -2.38. The van der Waals surface area contributed by atoms with Crippen LogP contribution in [-0.4, -0.2) is 50.4 Å². The molecule has 3 aromatic rings. The number of alkyl halides is 3. The Labute approximate surface area is 248 Å². The maximum Gasteiger partial charge on any atom is 0.446 e. The molecule has 0 unspecified atom stereocenters. The molecule has 13 heteroatoms. The third-order valence-corrected chi connectivity index (χ3v) is 9.77. The smallest absolute Gasteiger partial charge is 0.446 e. The van der Waals surface area contributed by atoms with E-state index in [1.54, 1.807) is 17.9 Å². The highest BCUT2D eigenvalue weighted by atomic mass is 35.5. The number of hydrogen-bond acceptors (Lipinski definition) is 7. The number of carbonyl (C=O) groups is 2. The van der Waals surface area contributed by atoms with Gasteiger partial charge in [0, 0.05) is 34.3 Å². The number of hydrogen-bond donors (Lipinski definition) is 1. The first-order valence-corrected chi connectivity index (χ1v) is 15.4. The third-order valence-electron chi connectivity index (χ3n) is 6.64. The number of carboxylic acids is 1. The molecule has 1 aromatic carbocycles. The molecule has 1 fully saturated rings. The number of carboxylic acid groups (broad SMARTS) is 1. The zero-order valence-corrected chi connectivity index (χ0v) is 25.6. The van der Waals surface area contributed by atoms with Crippen LogP contribution in [0.15, 0.2) is 23.1 Å². The van der Waals surface area contributed by atoms with Crippen LogP contribution in [-0.2, 0) is 27.8 Å².